The zero-order chi connectivity index (χ0) is 22.6. The molecule has 0 aliphatic carbocycles. The minimum absolute atomic E-state index is 0.391. The first kappa shape index (κ1) is 23.1. The third-order valence-corrected chi connectivity index (χ3v) is 4.12. The van der Waals surface area contributed by atoms with Gasteiger partial charge in [0, 0.05) is 53.9 Å². The number of amides is 2. The normalized spacial score (nSPS) is 18.3. The number of hydrogen-bond acceptors (Lipinski definition) is 10. The number of esters is 4. The van der Waals surface area contributed by atoms with E-state index in [2.05, 4.69) is 0 Å². The lowest BCUT2D eigenvalue weighted by Crippen LogP contribution is -2.57. The van der Waals surface area contributed by atoms with E-state index in [-0.39, 0.29) is 0 Å². The third kappa shape index (κ3) is 6.42. The van der Waals surface area contributed by atoms with Gasteiger partial charge in [0.15, 0.2) is 12.2 Å². The largest absolute Gasteiger partial charge is 0.454 e. The van der Waals surface area contributed by atoms with Crippen LogP contribution in [-0.2, 0) is 47.7 Å². The average Bonchev–Trinajstić information content (AvgIpc) is 3.51. The van der Waals surface area contributed by atoms with E-state index in [1.165, 1.54) is 9.80 Å². The summed E-state index contributed by atoms with van der Waals surface area (Å²) >= 11 is 0. The fourth-order valence-corrected chi connectivity index (χ4v) is 2.76. The molecule has 0 N–H and O–H groups in total. The second-order valence-corrected chi connectivity index (χ2v) is 6.86. The smallest absolute Gasteiger partial charge is 0.303 e. The summed E-state index contributed by atoms with van der Waals surface area (Å²) in [6.07, 6.45) is -6.87. The van der Waals surface area contributed by atoms with Crippen molar-refractivity contribution in [3.05, 3.63) is 0 Å². The second kappa shape index (κ2) is 9.55. The van der Waals surface area contributed by atoms with Gasteiger partial charge < -0.3 is 28.7 Å². The van der Waals surface area contributed by atoms with Gasteiger partial charge in [-0.05, 0) is 0 Å². The van der Waals surface area contributed by atoms with Crippen molar-refractivity contribution >= 4 is 35.7 Å². The Morgan fingerprint density at radius 3 is 1.00 bits per heavy atom. The van der Waals surface area contributed by atoms with Crippen molar-refractivity contribution in [3.63, 3.8) is 0 Å². The van der Waals surface area contributed by atoms with Crippen LogP contribution in [0.25, 0.3) is 0 Å². The zero-order valence-corrected chi connectivity index (χ0v) is 17.1. The molecular weight excluding hydrogens is 404 g/mol. The average molecular weight is 428 g/mol. The molecule has 4 atom stereocenters. The molecule has 2 amide bonds. The highest BCUT2D eigenvalue weighted by atomic mass is 16.6. The Bertz CT molecular complexity index is 681. The number of rotatable bonds is 9. The van der Waals surface area contributed by atoms with Crippen LogP contribution < -0.4 is 0 Å². The molecule has 2 saturated heterocycles. The third-order valence-electron chi connectivity index (χ3n) is 4.12. The summed E-state index contributed by atoms with van der Waals surface area (Å²) in [5, 5.41) is 0. The Hall–Kier alpha value is -3.18. The first-order valence-electron chi connectivity index (χ1n) is 9.27. The maximum atomic E-state index is 12.7. The van der Waals surface area contributed by atoms with Crippen molar-refractivity contribution in [1.82, 2.24) is 9.80 Å². The quantitative estimate of drug-likeness (QED) is 0.239. The summed E-state index contributed by atoms with van der Waals surface area (Å²) in [7, 11) is 0. The van der Waals surface area contributed by atoms with Crippen molar-refractivity contribution in [1.29, 1.82) is 0 Å². The molecule has 166 valence electrons. The summed E-state index contributed by atoms with van der Waals surface area (Å²) in [6.45, 7) is 5.69. The molecular formula is C18H24N2O10. The molecule has 2 aliphatic rings. The topological polar surface area (TPSA) is 145 Å². The number of ether oxygens (including phenoxy) is 4. The van der Waals surface area contributed by atoms with E-state index >= 15 is 0 Å². The summed E-state index contributed by atoms with van der Waals surface area (Å²) in [6, 6.07) is 0. The number of hydrogen-bond donors (Lipinski definition) is 0. The molecule has 30 heavy (non-hydrogen) atoms. The van der Waals surface area contributed by atoms with Gasteiger partial charge in [0.2, 0.25) is 12.2 Å². The van der Waals surface area contributed by atoms with Gasteiger partial charge in [-0.25, -0.2) is 0 Å². The fourth-order valence-electron chi connectivity index (χ4n) is 2.76. The number of carbonyl (C=O) groups is 6. The Morgan fingerprint density at radius 2 is 0.800 bits per heavy atom. The standard InChI is InChI=1S/C18H24N2O10/c1-9(21)27-13(15(29-11(3)23)17(25)19-5-6-19)14(28-10(2)22)16(30-12(4)24)18(26)20-7-8-20/h13-16H,5-8H2,1-4H3. The van der Waals surface area contributed by atoms with Crippen molar-refractivity contribution in [2.75, 3.05) is 26.2 Å². The molecule has 12 heteroatoms. The van der Waals surface area contributed by atoms with Gasteiger partial charge in [-0.15, -0.1) is 0 Å². The van der Waals surface area contributed by atoms with Crippen molar-refractivity contribution < 1.29 is 47.7 Å². The maximum absolute atomic E-state index is 12.7. The lowest BCUT2D eigenvalue weighted by atomic mass is 10.00. The van der Waals surface area contributed by atoms with Gasteiger partial charge in [-0.2, -0.15) is 0 Å². The molecule has 0 radical (unpaired) electrons. The molecule has 2 heterocycles. The SMILES string of the molecule is CC(=O)OC(C(=O)N1CC1)C(OC(C)=O)C(OC(C)=O)C(OC(C)=O)C(=O)N1CC1. The molecule has 0 aromatic heterocycles. The summed E-state index contributed by atoms with van der Waals surface area (Å²) in [5.74, 6) is -4.92. The minimum Gasteiger partial charge on any atom is -0.454 e. The van der Waals surface area contributed by atoms with Crippen LogP contribution in [0.2, 0.25) is 0 Å². The minimum atomic E-state index is -1.73. The van der Waals surface area contributed by atoms with E-state index in [1.807, 2.05) is 0 Å². The lowest BCUT2D eigenvalue weighted by Gasteiger charge is -2.34. The Balaban J connectivity index is 2.49. The molecule has 0 saturated carbocycles. The van der Waals surface area contributed by atoms with Crippen LogP contribution in [0.4, 0.5) is 0 Å². The van der Waals surface area contributed by atoms with E-state index in [1.54, 1.807) is 0 Å². The van der Waals surface area contributed by atoms with Crippen LogP contribution in [0.15, 0.2) is 0 Å². The maximum Gasteiger partial charge on any atom is 0.303 e. The highest BCUT2D eigenvalue weighted by Gasteiger charge is 2.52. The highest BCUT2D eigenvalue weighted by Crippen LogP contribution is 2.25. The van der Waals surface area contributed by atoms with Crippen molar-refractivity contribution in [3.8, 4) is 0 Å². The van der Waals surface area contributed by atoms with Gasteiger partial charge >= 0.3 is 23.9 Å². The van der Waals surface area contributed by atoms with E-state index in [9.17, 15) is 28.8 Å². The van der Waals surface area contributed by atoms with E-state index in [0.29, 0.717) is 26.2 Å². The predicted octanol–water partition coefficient (Wildman–Crippen LogP) is -1.60. The molecule has 0 aromatic carbocycles. The second-order valence-electron chi connectivity index (χ2n) is 6.86. The molecule has 12 nitrogen and oxygen atoms in total. The molecule has 2 rings (SSSR count). The van der Waals surface area contributed by atoms with Gasteiger partial charge in [-0.1, -0.05) is 0 Å². The molecule has 0 spiro atoms. The van der Waals surface area contributed by atoms with Crippen LogP contribution in [0, 0.1) is 0 Å². The molecule has 2 fully saturated rings. The Labute approximate surface area is 172 Å². The Morgan fingerprint density at radius 1 is 0.533 bits per heavy atom. The predicted molar refractivity (Wildman–Crippen MR) is 95.4 cm³/mol. The van der Waals surface area contributed by atoms with Crippen LogP contribution in [0.1, 0.15) is 27.7 Å². The van der Waals surface area contributed by atoms with E-state index in [4.69, 9.17) is 18.9 Å². The molecule has 0 bridgehead atoms. The highest BCUT2D eigenvalue weighted by molar-refractivity contribution is 5.88. The number of carbonyl (C=O) groups excluding carboxylic acids is 6. The van der Waals surface area contributed by atoms with Gasteiger partial charge in [0.25, 0.3) is 11.8 Å². The first-order valence-corrected chi connectivity index (χ1v) is 9.27. The molecule has 0 aromatic rings. The van der Waals surface area contributed by atoms with Crippen LogP contribution in [-0.4, -0.2) is 96.1 Å². The monoisotopic (exact) mass is 428 g/mol. The number of nitrogens with zero attached hydrogens (tertiary/aromatic N) is 2. The van der Waals surface area contributed by atoms with Crippen LogP contribution in [0.3, 0.4) is 0 Å². The molecule has 4 unspecified atom stereocenters. The van der Waals surface area contributed by atoms with Gasteiger partial charge in [0.05, 0.1) is 0 Å². The van der Waals surface area contributed by atoms with E-state index in [0.717, 1.165) is 27.7 Å². The van der Waals surface area contributed by atoms with Gasteiger partial charge in [0.1, 0.15) is 0 Å². The first-order chi connectivity index (χ1) is 14.0. The fraction of sp³-hybridized carbons (Fsp3) is 0.667. The summed E-state index contributed by atoms with van der Waals surface area (Å²) < 4.78 is 20.5. The van der Waals surface area contributed by atoms with E-state index < -0.39 is 60.1 Å². The molecule has 2 aliphatic heterocycles. The van der Waals surface area contributed by atoms with Crippen molar-refractivity contribution in [2.24, 2.45) is 0 Å². The van der Waals surface area contributed by atoms with Crippen LogP contribution in [0.5, 0.6) is 0 Å². The lowest BCUT2D eigenvalue weighted by molar-refractivity contribution is -0.201. The zero-order valence-electron chi connectivity index (χ0n) is 17.1. The Kier molecular flexibility index (Phi) is 7.35. The van der Waals surface area contributed by atoms with Gasteiger partial charge in [-0.3, -0.25) is 28.8 Å². The summed E-state index contributed by atoms with van der Waals surface area (Å²) in [5.41, 5.74) is 0. The van der Waals surface area contributed by atoms with Crippen molar-refractivity contribution in [2.45, 2.75) is 52.1 Å². The van der Waals surface area contributed by atoms with Crippen LogP contribution >= 0.6 is 0 Å². The summed E-state index contributed by atoms with van der Waals surface area (Å²) in [4.78, 5) is 74.9.